The Morgan fingerprint density at radius 1 is 1.05 bits per heavy atom. The van der Waals surface area contributed by atoms with E-state index in [0.717, 1.165) is 42.9 Å². The van der Waals surface area contributed by atoms with Gasteiger partial charge in [-0.25, -0.2) is 0 Å². The molecule has 3 aliphatic heterocycles. The molecule has 0 saturated carbocycles. The summed E-state index contributed by atoms with van der Waals surface area (Å²) in [5.74, 6) is 1.89. The predicted octanol–water partition coefficient (Wildman–Crippen LogP) is 6.96. The van der Waals surface area contributed by atoms with Crippen LogP contribution >= 0.6 is 43.6 Å². The van der Waals surface area contributed by atoms with E-state index in [2.05, 4.69) is 49.3 Å². The van der Waals surface area contributed by atoms with Crippen molar-refractivity contribution in [2.45, 2.75) is 24.0 Å². The van der Waals surface area contributed by atoms with E-state index in [1.807, 2.05) is 66.4 Å². The molecule has 190 valence electrons. The van der Waals surface area contributed by atoms with E-state index in [9.17, 15) is 9.59 Å². The number of ether oxygens (including phenoxy) is 1. The zero-order valence-corrected chi connectivity index (χ0v) is 24.2. The lowest BCUT2D eigenvalue weighted by Crippen LogP contribution is -2.55. The van der Waals surface area contributed by atoms with Gasteiger partial charge in [0.2, 0.25) is 11.8 Å². The van der Waals surface area contributed by atoms with Gasteiger partial charge in [-0.1, -0.05) is 50.1 Å². The number of hydrogen-bond donors (Lipinski definition) is 1. The van der Waals surface area contributed by atoms with Crippen LogP contribution in [0.25, 0.3) is 0 Å². The number of piperidine rings is 1. The molecule has 0 bridgehead atoms. The van der Waals surface area contributed by atoms with Crippen molar-refractivity contribution in [3.05, 3.63) is 86.8 Å². The van der Waals surface area contributed by atoms with Gasteiger partial charge in [-0.2, -0.15) is 0 Å². The molecule has 0 radical (unpaired) electrons. The van der Waals surface area contributed by atoms with E-state index in [0.29, 0.717) is 19.6 Å². The highest BCUT2D eigenvalue weighted by molar-refractivity contribution is 9.10. The molecule has 2 fully saturated rings. The van der Waals surface area contributed by atoms with Crippen LogP contribution in [-0.2, 0) is 14.3 Å². The molecule has 1 spiro atoms. The standard InChI is InChI=1S/C29H26Br2N2O3S/c1-2-36-21-12-10-20(11-13-21)33-15-22-18(14-25(33)34)16-37-29(26(22)17-6-8-19(30)9-7-17)27-23(31)4-3-5-24(27)32-28(29)35/h3-13,18,22,26H,2,14-16H2,1H3,(H,32,35)/t18-,22+,26-,29-/m1/s1. The topological polar surface area (TPSA) is 58.6 Å². The van der Waals surface area contributed by atoms with E-state index < -0.39 is 4.75 Å². The number of nitrogens with zero attached hydrogens (tertiary/aromatic N) is 1. The zero-order chi connectivity index (χ0) is 25.7. The summed E-state index contributed by atoms with van der Waals surface area (Å²) in [5.41, 5.74) is 3.86. The first kappa shape index (κ1) is 25.0. The Hall–Kier alpha value is -2.29. The lowest BCUT2D eigenvalue weighted by Gasteiger charge is -2.52. The molecule has 6 rings (SSSR count). The average molecular weight is 642 g/mol. The van der Waals surface area contributed by atoms with E-state index in [1.165, 1.54) is 0 Å². The fourth-order valence-electron chi connectivity index (χ4n) is 6.20. The number of amides is 2. The van der Waals surface area contributed by atoms with E-state index in [4.69, 9.17) is 4.74 Å². The number of anilines is 2. The second kappa shape index (κ2) is 9.79. The van der Waals surface area contributed by atoms with E-state index >= 15 is 0 Å². The van der Waals surface area contributed by atoms with Crippen LogP contribution in [0.3, 0.4) is 0 Å². The zero-order valence-electron chi connectivity index (χ0n) is 20.2. The highest BCUT2D eigenvalue weighted by atomic mass is 79.9. The van der Waals surface area contributed by atoms with Crippen LogP contribution in [0.1, 0.15) is 30.4 Å². The summed E-state index contributed by atoms with van der Waals surface area (Å²) in [7, 11) is 0. The van der Waals surface area contributed by atoms with Crippen LogP contribution in [0.2, 0.25) is 0 Å². The van der Waals surface area contributed by atoms with Crippen molar-refractivity contribution in [3.8, 4) is 5.75 Å². The number of thioether (sulfide) groups is 1. The molecule has 2 amide bonds. The van der Waals surface area contributed by atoms with Crippen molar-refractivity contribution in [3.63, 3.8) is 0 Å². The summed E-state index contributed by atoms with van der Waals surface area (Å²) in [6.07, 6.45) is 0.471. The minimum Gasteiger partial charge on any atom is -0.494 e. The van der Waals surface area contributed by atoms with Gasteiger partial charge in [0.05, 0.1) is 6.61 Å². The van der Waals surface area contributed by atoms with Crippen LogP contribution in [-0.4, -0.2) is 30.7 Å². The van der Waals surface area contributed by atoms with Crippen molar-refractivity contribution < 1.29 is 14.3 Å². The Labute approximate surface area is 237 Å². The number of halogens is 2. The molecule has 0 aliphatic carbocycles. The Balaban J connectivity index is 1.46. The van der Waals surface area contributed by atoms with Crippen molar-refractivity contribution in [2.75, 3.05) is 29.1 Å². The molecule has 0 unspecified atom stereocenters. The summed E-state index contributed by atoms with van der Waals surface area (Å²) < 4.78 is 6.76. The Kier molecular flexibility index (Phi) is 6.62. The number of carbonyl (C=O) groups is 2. The van der Waals surface area contributed by atoms with Crippen molar-refractivity contribution in [1.29, 1.82) is 0 Å². The highest BCUT2D eigenvalue weighted by Gasteiger charge is 2.61. The molecule has 5 nitrogen and oxygen atoms in total. The fourth-order valence-corrected chi connectivity index (χ4v) is 9.15. The molecule has 3 heterocycles. The molecule has 2 saturated heterocycles. The minimum absolute atomic E-state index is 0.0234. The molecule has 3 aromatic rings. The molecule has 3 aliphatic rings. The summed E-state index contributed by atoms with van der Waals surface area (Å²) >= 11 is 9.04. The molecule has 4 atom stereocenters. The summed E-state index contributed by atoms with van der Waals surface area (Å²) in [6.45, 7) is 3.12. The molecule has 37 heavy (non-hydrogen) atoms. The van der Waals surface area contributed by atoms with Crippen LogP contribution in [0.15, 0.2) is 75.7 Å². The van der Waals surface area contributed by atoms with Gasteiger partial charge in [-0.15, -0.1) is 11.8 Å². The first-order valence-electron chi connectivity index (χ1n) is 12.5. The number of fused-ring (bicyclic) bond motifs is 3. The van der Waals surface area contributed by atoms with Crippen molar-refractivity contribution >= 4 is 66.8 Å². The van der Waals surface area contributed by atoms with Gasteiger partial charge < -0.3 is 15.0 Å². The molecular formula is C29H26Br2N2O3S. The van der Waals surface area contributed by atoms with Gasteiger partial charge in [0.25, 0.3) is 0 Å². The number of carbonyl (C=O) groups excluding carboxylic acids is 2. The SMILES string of the molecule is CCOc1ccc(N2C[C@H]3[C@@H](CS[C@]4(C(=O)Nc5cccc(Br)c54)[C@@H]3c3ccc(Br)cc3)CC2=O)cc1. The van der Waals surface area contributed by atoms with Crippen LogP contribution in [0, 0.1) is 11.8 Å². The minimum atomic E-state index is -0.782. The Bertz CT molecular complexity index is 1360. The number of benzene rings is 3. The molecule has 0 aromatic heterocycles. The summed E-state index contributed by atoms with van der Waals surface area (Å²) in [4.78, 5) is 29.2. The Morgan fingerprint density at radius 2 is 1.81 bits per heavy atom. The van der Waals surface area contributed by atoms with Gasteiger partial charge in [-0.3, -0.25) is 9.59 Å². The first-order valence-corrected chi connectivity index (χ1v) is 15.0. The van der Waals surface area contributed by atoms with Crippen molar-refractivity contribution in [1.82, 2.24) is 0 Å². The average Bonchev–Trinajstić information content (AvgIpc) is 3.17. The Morgan fingerprint density at radius 3 is 2.54 bits per heavy atom. The first-order chi connectivity index (χ1) is 17.9. The number of hydrogen-bond acceptors (Lipinski definition) is 4. The van der Waals surface area contributed by atoms with Gasteiger partial charge >= 0.3 is 0 Å². The highest BCUT2D eigenvalue weighted by Crippen LogP contribution is 2.64. The summed E-state index contributed by atoms with van der Waals surface area (Å²) in [6, 6.07) is 22.0. The van der Waals surface area contributed by atoms with E-state index in [-0.39, 0.29) is 29.6 Å². The van der Waals surface area contributed by atoms with Gasteiger partial charge in [-0.05, 0) is 78.6 Å². The lowest BCUT2D eigenvalue weighted by molar-refractivity contribution is -0.122. The quantitative estimate of drug-likeness (QED) is 0.335. The molecular weight excluding hydrogens is 616 g/mol. The second-order valence-corrected chi connectivity index (χ2v) is 12.8. The maximum atomic E-state index is 13.9. The van der Waals surface area contributed by atoms with Crippen LogP contribution in [0.4, 0.5) is 11.4 Å². The van der Waals surface area contributed by atoms with Gasteiger partial charge in [0, 0.05) is 44.8 Å². The number of nitrogens with one attached hydrogen (secondary N) is 1. The van der Waals surface area contributed by atoms with E-state index in [1.54, 1.807) is 11.8 Å². The van der Waals surface area contributed by atoms with Crippen molar-refractivity contribution in [2.24, 2.45) is 11.8 Å². The third-order valence-corrected chi connectivity index (χ3v) is 10.7. The second-order valence-electron chi connectivity index (χ2n) is 9.75. The van der Waals surface area contributed by atoms with Crippen LogP contribution < -0.4 is 15.0 Å². The largest absolute Gasteiger partial charge is 0.494 e. The maximum Gasteiger partial charge on any atom is 0.245 e. The van der Waals surface area contributed by atoms with Gasteiger partial charge in [0.15, 0.2) is 0 Å². The molecule has 8 heteroatoms. The monoisotopic (exact) mass is 640 g/mol. The fraction of sp³-hybridized carbons (Fsp3) is 0.310. The smallest absolute Gasteiger partial charge is 0.245 e. The molecule has 3 aromatic carbocycles. The van der Waals surface area contributed by atoms with Crippen LogP contribution in [0.5, 0.6) is 5.75 Å². The normalized spacial score (nSPS) is 26.6. The molecule has 1 N–H and O–H groups in total. The predicted molar refractivity (Wildman–Crippen MR) is 155 cm³/mol. The van der Waals surface area contributed by atoms with Gasteiger partial charge in [0.1, 0.15) is 10.5 Å². The number of rotatable bonds is 4. The lowest BCUT2D eigenvalue weighted by atomic mass is 9.66. The third kappa shape index (κ3) is 4.12. The third-order valence-electron chi connectivity index (χ3n) is 7.79. The summed E-state index contributed by atoms with van der Waals surface area (Å²) in [5, 5.41) is 3.18. The maximum absolute atomic E-state index is 13.9.